The van der Waals surface area contributed by atoms with E-state index in [1.165, 1.54) is 18.3 Å². The third kappa shape index (κ3) is 5.43. The zero-order valence-corrected chi connectivity index (χ0v) is 15.4. The van der Waals surface area contributed by atoms with Gasteiger partial charge in [0.15, 0.2) is 0 Å². The molecule has 2 N–H and O–H groups in total. The van der Waals surface area contributed by atoms with E-state index in [4.69, 9.17) is 0 Å². The average molecular weight is 456 g/mol. The Morgan fingerprint density at radius 3 is 2.54 bits per heavy atom. The highest BCUT2D eigenvalue weighted by Gasteiger charge is 2.04. The van der Waals surface area contributed by atoms with E-state index < -0.39 is 4.92 Å². The van der Waals surface area contributed by atoms with Crippen LogP contribution >= 0.6 is 31.9 Å². The Balaban J connectivity index is 1.83. The summed E-state index contributed by atoms with van der Waals surface area (Å²) in [6.07, 6.45) is 1.41. The number of amides is 1. The molecule has 2 aromatic carbocycles. The molecule has 24 heavy (non-hydrogen) atoms. The van der Waals surface area contributed by atoms with Crippen LogP contribution in [-0.2, 0) is 4.79 Å². The summed E-state index contributed by atoms with van der Waals surface area (Å²) in [7, 11) is 0. The Kier molecular flexibility index (Phi) is 6.44. The number of nitro benzene ring substituents is 1. The highest BCUT2D eigenvalue weighted by atomic mass is 79.9. The number of non-ortho nitro benzene ring substituents is 1. The fraction of sp³-hybridized carbons (Fsp3) is 0.0667. The first-order chi connectivity index (χ1) is 11.5. The predicted octanol–water partition coefficient (Wildman–Crippen LogP) is 3.68. The first-order valence-electron chi connectivity index (χ1n) is 6.71. The van der Waals surface area contributed by atoms with Crippen molar-refractivity contribution < 1.29 is 9.72 Å². The number of carbonyl (C=O) groups excluding carboxylic acids is 1. The molecule has 0 aromatic heterocycles. The Morgan fingerprint density at radius 1 is 1.21 bits per heavy atom. The minimum Gasteiger partial charge on any atom is -0.375 e. The lowest BCUT2D eigenvalue weighted by atomic mass is 10.2. The quantitative estimate of drug-likeness (QED) is 0.394. The van der Waals surface area contributed by atoms with Gasteiger partial charge in [0, 0.05) is 26.8 Å². The molecule has 2 rings (SSSR count). The smallest absolute Gasteiger partial charge is 0.269 e. The zero-order valence-electron chi connectivity index (χ0n) is 12.2. The molecule has 0 unspecified atom stereocenters. The normalized spacial score (nSPS) is 10.6. The van der Waals surface area contributed by atoms with Crippen molar-refractivity contribution in [3.05, 3.63) is 67.1 Å². The number of hydrogen-bond donors (Lipinski definition) is 2. The molecule has 2 aromatic rings. The van der Waals surface area contributed by atoms with Crippen molar-refractivity contribution in [2.45, 2.75) is 0 Å². The van der Waals surface area contributed by atoms with E-state index in [1.807, 2.05) is 18.2 Å². The summed E-state index contributed by atoms with van der Waals surface area (Å²) in [6.45, 7) is 0.0534. The third-order valence-electron chi connectivity index (χ3n) is 2.88. The van der Waals surface area contributed by atoms with E-state index in [1.54, 1.807) is 12.1 Å². The summed E-state index contributed by atoms with van der Waals surface area (Å²) in [5, 5.41) is 17.3. The zero-order chi connectivity index (χ0) is 17.5. The lowest BCUT2D eigenvalue weighted by Crippen LogP contribution is -2.26. The molecule has 0 spiro atoms. The van der Waals surface area contributed by atoms with Gasteiger partial charge in [-0.25, -0.2) is 5.43 Å². The van der Waals surface area contributed by atoms with Crippen molar-refractivity contribution in [2.24, 2.45) is 5.10 Å². The second-order valence-electron chi connectivity index (χ2n) is 4.62. The van der Waals surface area contributed by atoms with Crippen molar-refractivity contribution in [2.75, 3.05) is 11.9 Å². The number of rotatable bonds is 6. The number of nitrogens with one attached hydrogen (secondary N) is 2. The van der Waals surface area contributed by atoms with Gasteiger partial charge in [0.25, 0.3) is 11.6 Å². The topological polar surface area (TPSA) is 96.6 Å². The molecule has 0 radical (unpaired) electrons. The summed E-state index contributed by atoms with van der Waals surface area (Å²) in [4.78, 5) is 21.8. The number of hydrazone groups is 1. The molecule has 0 aliphatic rings. The maximum atomic E-state index is 11.7. The van der Waals surface area contributed by atoms with Crippen LogP contribution in [0.5, 0.6) is 0 Å². The Hall–Kier alpha value is -2.26. The molecule has 0 fully saturated rings. The maximum absolute atomic E-state index is 11.7. The van der Waals surface area contributed by atoms with Gasteiger partial charge in [0.1, 0.15) is 0 Å². The average Bonchev–Trinajstić information content (AvgIpc) is 2.54. The summed E-state index contributed by atoms with van der Waals surface area (Å²) >= 11 is 6.75. The molecule has 0 aliphatic heterocycles. The van der Waals surface area contributed by atoms with Gasteiger partial charge in [-0.3, -0.25) is 14.9 Å². The number of nitro groups is 1. The number of nitrogens with zero attached hydrogens (tertiary/aromatic N) is 2. The molecule has 0 atom stereocenters. The summed E-state index contributed by atoms with van der Waals surface area (Å²) in [6, 6.07) is 11.4. The van der Waals surface area contributed by atoms with Crippen LogP contribution in [0.2, 0.25) is 0 Å². The van der Waals surface area contributed by atoms with Crippen molar-refractivity contribution in [3.8, 4) is 0 Å². The van der Waals surface area contributed by atoms with Crippen LogP contribution in [0, 0.1) is 10.1 Å². The molecular weight excluding hydrogens is 444 g/mol. The number of halogens is 2. The Bertz CT molecular complexity index is 779. The maximum Gasteiger partial charge on any atom is 0.269 e. The van der Waals surface area contributed by atoms with Crippen LogP contribution in [0.25, 0.3) is 0 Å². The highest BCUT2D eigenvalue weighted by Crippen LogP contribution is 2.25. The van der Waals surface area contributed by atoms with E-state index in [0.717, 1.165) is 14.6 Å². The monoisotopic (exact) mass is 454 g/mol. The molecule has 124 valence electrons. The van der Waals surface area contributed by atoms with Crippen LogP contribution < -0.4 is 10.7 Å². The highest BCUT2D eigenvalue weighted by molar-refractivity contribution is 9.11. The molecule has 0 aliphatic carbocycles. The van der Waals surface area contributed by atoms with Crippen LogP contribution in [0.4, 0.5) is 11.4 Å². The second-order valence-corrected chi connectivity index (χ2v) is 6.39. The lowest BCUT2D eigenvalue weighted by molar-refractivity contribution is -0.384. The van der Waals surface area contributed by atoms with Crippen LogP contribution in [0.15, 0.2) is 56.5 Å². The van der Waals surface area contributed by atoms with Crippen LogP contribution in [0.3, 0.4) is 0 Å². The fourth-order valence-corrected chi connectivity index (χ4v) is 2.90. The minimum atomic E-state index is -0.478. The van der Waals surface area contributed by atoms with Crippen LogP contribution in [-0.4, -0.2) is 23.6 Å². The summed E-state index contributed by atoms with van der Waals surface area (Å²) in [5.41, 5.74) is 3.81. The van der Waals surface area contributed by atoms with Gasteiger partial charge in [-0.15, -0.1) is 0 Å². The second kappa shape index (κ2) is 8.55. The summed E-state index contributed by atoms with van der Waals surface area (Å²) < 4.78 is 1.76. The first kappa shape index (κ1) is 18.1. The van der Waals surface area contributed by atoms with E-state index >= 15 is 0 Å². The Labute approximate surface area is 154 Å². The van der Waals surface area contributed by atoms with Gasteiger partial charge in [-0.2, -0.15) is 5.10 Å². The molecule has 1 amide bonds. The van der Waals surface area contributed by atoms with Gasteiger partial charge in [0.2, 0.25) is 0 Å². The van der Waals surface area contributed by atoms with Gasteiger partial charge in [-0.05, 0) is 51.8 Å². The van der Waals surface area contributed by atoms with Crippen LogP contribution in [0.1, 0.15) is 5.56 Å². The standard InChI is InChI=1S/C15H12Br2N4O3/c16-11-3-6-14(13(17)7-11)18-9-15(22)20-19-8-10-1-4-12(5-2-10)21(23)24/h1-8,18H,9H2,(H,20,22)/b19-8-. The molecule has 0 saturated carbocycles. The number of anilines is 1. The molecular formula is C15H12Br2N4O3. The van der Waals surface area contributed by atoms with Crippen molar-refractivity contribution in [1.29, 1.82) is 0 Å². The molecule has 7 nitrogen and oxygen atoms in total. The van der Waals surface area contributed by atoms with Gasteiger partial charge in [-0.1, -0.05) is 15.9 Å². The van der Waals surface area contributed by atoms with Gasteiger partial charge >= 0.3 is 0 Å². The SMILES string of the molecule is O=C(CNc1ccc(Br)cc1Br)N/N=C\c1ccc([N+](=O)[O-])cc1. The van der Waals surface area contributed by atoms with Crippen molar-refractivity contribution in [3.63, 3.8) is 0 Å². The first-order valence-corrected chi connectivity index (χ1v) is 8.29. The van der Waals surface area contributed by atoms with E-state index in [0.29, 0.717) is 5.56 Å². The van der Waals surface area contributed by atoms with E-state index in [-0.39, 0.29) is 18.1 Å². The summed E-state index contributed by atoms with van der Waals surface area (Å²) in [5.74, 6) is -0.317. The van der Waals surface area contributed by atoms with E-state index in [2.05, 4.69) is 47.7 Å². The van der Waals surface area contributed by atoms with Gasteiger partial charge in [0.05, 0.1) is 17.7 Å². The van der Waals surface area contributed by atoms with Crippen molar-refractivity contribution in [1.82, 2.24) is 5.43 Å². The molecule has 0 heterocycles. The third-order valence-corrected chi connectivity index (χ3v) is 4.03. The predicted molar refractivity (Wildman–Crippen MR) is 99.2 cm³/mol. The van der Waals surface area contributed by atoms with E-state index in [9.17, 15) is 14.9 Å². The number of benzene rings is 2. The van der Waals surface area contributed by atoms with Gasteiger partial charge < -0.3 is 5.32 Å². The minimum absolute atomic E-state index is 0.000426. The fourth-order valence-electron chi connectivity index (χ4n) is 1.71. The van der Waals surface area contributed by atoms with Crippen molar-refractivity contribution >= 4 is 55.4 Å². The number of hydrogen-bond acceptors (Lipinski definition) is 5. The molecule has 0 bridgehead atoms. The molecule has 9 heteroatoms. The molecule has 0 saturated heterocycles. The largest absolute Gasteiger partial charge is 0.375 e. The lowest BCUT2D eigenvalue weighted by Gasteiger charge is -2.07. The Morgan fingerprint density at radius 2 is 1.92 bits per heavy atom. The number of carbonyl (C=O) groups is 1.